The topological polar surface area (TPSA) is 50.4 Å². The maximum absolute atomic E-state index is 11.6. The number of carbonyl (C=O) groups is 1. The second kappa shape index (κ2) is 6.03. The van der Waals surface area contributed by atoms with Gasteiger partial charge >= 0.3 is 6.09 Å². The number of hydrogen-bond acceptors (Lipinski definition) is 3. The maximum Gasteiger partial charge on any atom is 0.407 e. The van der Waals surface area contributed by atoms with Gasteiger partial charge in [0.05, 0.1) is 0 Å². The first kappa shape index (κ1) is 16.1. The highest BCUT2D eigenvalue weighted by atomic mass is 16.6. The first-order valence-electron chi connectivity index (χ1n) is 9.01. The van der Waals surface area contributed by atoms with E-state index in [4.69, 9.17) is 4.74 Å². The summed E-state index contributed by atoms with van der Waals surface area (Å²) in [7, 11) is 0. The Hall–Kier alpha value is -0.770. The zero-order valence-corrected chi connectivity index (χ0v) is 14.4. The Morgan fingerprint density at radius 1 is 1.05 bits per heavy atom. The van der Waals surface area contributed by atoms with Crippen LogP contribution in [0.25, 0.3) is 0 Å². The summed E-state index contributed by atoms with van der Waals surface area (Å²) >= 11 is 0. The molecule has 0 aromatic rings. The fourth-order valence-electron chi connectivity index (χ4n) is 5.43. The zero-order chi connectivity index (χ0) is 15.8. The van der Waals surface area contributed by atoms with Gasteiger partial charge in [0, 0.05) is 19.6 Å². The molecule has 0 atom stereocenters. The van der Waals surface area contributed by atoms with Gasteiger partial charge in [0.15, 0.2) is 0 Å². The lowest BCUT2D eigenvalue weighted by Crippen LogP contribution is -2.51. The number of nitrogens with one attached hydrogen (secondary N) is 2. The average Bonchev–Trinajstić information content (AvgIpc) is 2.34. The van der Waals surface area contributed by atoms with Crippen LogP contribution in [0.5, 0.6) is 0 Å². The molecule has 0 saturated heterocycles. The van der Waals surface area contributed by atoms with Crippen molar-refractivity contribution in [3.05, 3.63) is 0 Å². The Balaban J connectivity index is 1.35. The summed E-state index contributed by atoms with van der Waals surface area (Å²) in [5, 5.41) is 6.41. The van der Waals surface area contributed by atoms with Gasteiger partial charge < -0.3 is 15.4 Å². The molecule has 0 heterocycles. The van der Waals surface area contributed by atoms with Crippen molar-refractivity contribution in [1.82, 2.24) is 10.6 Å². The van der Waals surface area contributed by atoms with Gasteiger partial charge in [0.2, 0.25) is 0 Å². The van der Waals surface area contributed by atoms with Crippen LogP contribution in [-0.4, -0.2) is 31.3 Å². The fraction of sp³-hybridized carbons (Fsp3) is 0.944. The number of carbonyl (C=O) groups excluding carboxylic acids is 1. The van der Waals surface area contributed by atoms with E-state index in [1.807, 2.05) is 20.8 Å². The van der Waals surface area contributed by atoms with Crippen molar-refractivity contribution in [3.63, 3.8) is 0 Å². The highest BCUT2D eigenvalue weighted by molar-refractivity contribution is 5.67. The average molecular weight is 308 g/mol. The van der Waals surface area contributed by atoms with E-state index in [0.717, 1.165) is 30.8 Å². The van der Waals surface area contributed by atoms with Gasteiger partial charge in [-0.25, -0.2) is 4.79 Å². The third-order valence-electron chi connectivity index (χ3n) is 5.64. The lowest BCUT2D eigenvalue weighted by Gasteiger charge is -2.57. The molecule has 0 spiro atoms. The summed E-state index contributed by atoms with van der Waals surface area (Å²) in [6, 6.07) is 0. The molecule has 2 N–H and O–H groups in total. The second-order valence-corrected chi connectivity index (χ2v) is 9.02. The van der Waals surface area contributed by atoms with E-state index in [-0.39, 0.29) is 6.09 Å². The molecule has 0 aromatic heterocycles. The second-order valence-electron chi connectivity index (χ2n) is 9.02. The summed E-state index contributed by atoms with van der Waals surface area (Å²) in [5.41, 5.74) is 0.150. The summed E-state index contributed by atoms with van der Waals surface area (Å²) in [4.78, 5) is 11.6. The van der Waals surface area contributed by atoms with Crippen molar-refractivity contribution in [3.8, 4) is 0 Å². The number of amides is 1. The van der Waals surface area contributed by atoms with Crippen molar-refractivity contribution in [2.24, 2.45) is 23.2 Å². The van der Waals surface area contributed by atoms with Crippen LogP contribution in [0.2, 0.25) is 0 Å². The Labute approximate surface area is 134 Å². The Morgan fingerprint density at radius 2 is 1.59 bits per heavy atom. The minimum absolute atomic E-state index is 0.316. The molecule has 4 aliphatic carbocycles. The molecular formula is C18H32N2O2. The Bertz CT molecular complexity index is 379. The monoisotopic (exact) mass is 308 g/mol. The van der Waals surface area contributed by atoms with E-state index in [0.29, 0.717) is 12.0 Å². The first-order chi connectivity index (χ1) is 10.3. The van der Waals surface area contributed by atoms with E-state index < -0.39 is 5.60 Å². The summed E-state index contributed by atoms with van der Waals surface area (Å²) in [6.07, 6.45) is 8.49. The van der Waals surface area contributed by atoms with Crippen molar-refractivity contribution in [2.45, 2.75) is 64.9 Å². The minimum Gasteiger partial charge on any atom is -0.444 e. The molecule has 4 rings (SSSR count). The normalized spacial score (nSPS) is 36.4. The SMILES string of the molecule is CC(C)(C)OC(=O)NCCNCC12CC3CC(CC(C3)C1)C2. The molecule has 22 heavy (non-hydrogen) atoms. The number of rotatable bonds is 5. The van der Waals surface area contributed by atoms with Gasteiger partial charge in [-0.3, -0.25) is 0 Å². The molecule has 4 aliphatic rings. The van der Waals surface area contributed by atoms with Crippen LogP contribution >= 0.6 is 0 Å². The largest absolute Gasteiger partial charge is 0.444 e. The van der Waals surface area contributed by atoms with Crippen LogP contribution in [0.3, 0.4) is 0 Å². The van der Waals surface area contributed by atoms with E-state index in [1.54, 1.807) is 0 Å². The van der Waals surface area contributed by atoms with Gasteiger partial charge in [-0.15, -0.1) is 0 Å². The lowest BCUT2D eigenvalue weighted by atomic mass is 9.49. The molecule has 4 saturated carbocycles. The van der Waals surface area contributed by atoms with E-state index in [2.05, 4.69) is 10.6 Å². The smallest absolute Gasteiger partial charge is 0.407 e. The van der Waals surface area contributed by atoms with Crippen LogP contribution < -0.4 is 10.6 Å². The highest BCUT2D eigenvalue weighted by Gasteiger charge is 2.50. The Kier molecular flexibility index (Phi) is 4.41. The molecule has 4 heteroatoms. The van der Waals surface area contributed by atoms with Gasteiger partial charge in [0.1, 0.15) is 5.60 Å². The van der Waals surface area contributed by atoms with Gasteiger partial charge in [-0.2, -0.15) is 0 Å². The van der Waals surface area contributed by atoms with Crippen molar-refractivity contribution in [2.75, 3.05) is 19.6 Å². The van der Waals surface area contributed by atoms with Crippen molar-refractivity contribution in [1.29, 1.82) is 0 Å². The van der Waals surface area contributed by atoms with Crippen LogP contribution in [0, 0.1) is 23.2 Å². The van der Waals surface area contributed by atoms with E-state index in [1.165, 1.54) is 38.5 Å². The van der Waals surface area contributed by atoms with Crippen LogP contribution in [0.15, 0.2) is 0 Å². The number of alkyl carbamates (subject to hydrolysis) is 1. The lowest BCUT2D eigenvalue weighted by molar-refractivity contribution is -0.0511. The molecular weight excluding hydrogens is 276 g/mol. The third kappa shape index (κ3) is 3.95. The molecule has 126 valence electrons. The third-order valence-corrected chi connectivity index (χ3v) is 5.64. The van der Waals surface area contributed by atoms with Crippen LogP contribution in [0.1, 0.15) is 59.3 Å². The standard InChI is InChI=1S/C18H32N2O2/c1-17(2,3)22-16(21)20-5-4-19-12-18-9-13-6-14(10-18)8-15(7-13)11-18/h13-15,19H,4-12H2,1-3H3,(H,20,21). The predicted octanol–water partition coefficient (Wildman–Crippen LogP) is 3.32. The first-order valence-corrected chi connectivity index (χ1v) is 9.01. The molecule has 0 aliphatic heterocycles. The molecule has 4 nitrogen and oxygen atoms in total. The van der Waals surface area contributed by atoms with Crippen molar-refractivity contribution >= 4 is 6.09 Å². The molecule has 1 amide bonds. The fourth-order valence-corrected chi connectivity index (χ4v) is 5.43. The van der Waals surface area contributed by atoms with Crippen LogP contribution in [-0.2, 0) is 4.74 Å². The van der Waals surface area contributed by atoms with Gasteiger partial charge in [-0.05, 0) is 82.5 Å². The molecule has 0 aromatic carbocycles. The Morgan fingerprint density at radius 3 is 2.09 bits per heavy atom. The van der Waals surface area contributed by atoms with Gasteiger partial charge in [-0.1, -0.05) is 0 Å². The van der Waals surface area contributed by atoms with Crippen LogP contribution in [0.4, 0.5) is 4.79 Å². The molecule has 4 bridgehead atoms. The zero-order valence-electron chi connectivity index (χ0n) is 14.4. The summed E-state index contributed by atoms with van der Waals surface area (Å²) in [5.74, 6) is 3.02. The maximum atomic E-state index is 11.6. The summed E-state index contributed by atoms with van der Waals surface area (Å²) < 4.78 is 5.24. The van der Waals surface area contributed by atoms with Crippen molar-refractivity contribution < 1.29 is 9.53 Å². The minimum atomic E-state index is -0.420. The molecule has 4 fully saturated rings. The van der Waals surface area contributed by atoms with E-state index >= 15 is 0 Å². The molecule has 0 radical (unpaired) electrons. The van der Waals surface area contributed by atoms with Gasteiger partial charge in [0.25, 0.3) is 0 Å². The predicted molar refractivity (Wildman–Crippen MR) is 87.7 cm³/mol. The summed E-state index contributed by atoms with van der Waals surface area (Å²) in [6.45, 7) is 8.27. The highest BCUT2D eigenvalue weighted by Crippen LogP contribution is 2.59. The van der Waals surface area contributed by atoms with E-state index in [9.17, 15) is 4.79 Å². The number of hydrogen-bond donors (Lipinski definition) is 2. The molecule has 0 unspecified atom stereocenters. The quantitative estimate of drug-likeness (QED) is 0.766. The number of ether oxygens (including phenoxy) is 1.